The van der Waals surface area contributed by atoms with Gasteiger partial charge in [-0.3, -0.25) is 0 Å². The van der Waals surface area contributed by atoms with Gasteiger partial charge in [-0.05, 0) is 37.8 Å². The molecule has 1 aromatic rings. The van der Waals surface area contributed by atoms with E-state index in [0.717, 1.165) is 24.8 Å². The van der Waals surface area contributed by atoms with Gasteiger partial charge in [0, 0.05) is 12.7 Å². The molecule has 0 atom stereocenters. The molecule has 0 saturated heterocycles. The molecule has 4 heteroatoms. The zero-order valence-corrected chi connectivity index (χ0v) is 8.95. The number of aromatic nitrogens is 1. The van der Waals surface area contributed by atoms with Crippen LogP contribution in [0.1, 0.15) is 24.8 Å². The van der Waals surface area contributed by atoms with Gasteiger partial charge in [0.25, 0.3) is 0 Å². The maximum absolute atomic E-state index is 9.90. The molecule has 0 aromatic carbocycles. The van der Waals surface area contributed by atoms with Gasteiger partial charge >= 0.3 is 0 Å². The Labute approximate surface area is 89.5 Å². The topological polar surface area (TPSA) is 71.2 Å². The Balaban J connectivity index is 2.01. The van der Waals surface area contributed by atoms with E-state index < -0.39 is 5.60 Å². The summed E-state index contributed by atoms with van der Waals surface area (Å²) >= 11 is 0. The van der Waals surface area contributed by atoms with E-state index in [4.69, 9.17) is 5.73 Å². The van der Waals surface area contributed by atoms with Crippen molar-refractivity contribution in [3.05, 3.63) is 17.8 Å². The van der Waals surface area contributed by atoms with Crippen LogP contribution in [0.15, 0.2) is 12.3 Å². The molecule has 0 radical (unpaired) electrons. The molecule has 1 aromatic heterocycles. The predicted molar refractivity (Wildman–Crippen MR) is 60.7 cm³/mol. The second-order valence-corrected chi connectivity index (χ2v) is 4.32. The van der Waals surface area contributed by atoms with Crippen LogP contribution in [0.4, 0.5) is 11.5 Å². The van der Waals surface area contributed by atoms with E-state index in [9.17, 15) is 5.11 Å². The van der Waals surface area contributed by atoms with Gasteiger partial charge in [-0.15, -0.1) is 0 Å². The summed E-state index contributed by atoms with van der Waals surface area (Å²) in [4.78, 5) is 4.15. The number of rotatable bonds is 3. The third-order valence-corrected chi connectivity index (χ3v) is 3.08. The molecule has 2 rings (SSSR count). The normalized spacial score (nSPS) is 18.3. The van der Waals surface area contributed by atoms with Gasteiger partial charge < -0.3 is 16.2 Å². The fourth-order valence-electron chi connectivity index (χ4n) is 1.72. The first-order valence-electron chi connectivity index (χ1n) is 5.28. The molecule has 1 aliphatic rings. The highest BCUT2D eigenvalue weighted by Gasteiger charge is 2.34. The summed E-state index contributed by atoms with van der Waals surface area (Å²) in [6.07, 6.45) is 4.56. The summed E-state index contributed by atoms with van der Waals surface area (Å²) in [5.41, 5.74) is 7.00. The van der Waals surface area contributed by atoms with Crippen molar-refractivity contribution in [3.8, 4) is 0 Å². The van der Waals surface area contributed by atoms with Crippen LogP contribution in [0.5, 0.6) is 0 Å². The van der Waals surface area contributed by atoms with Crippen LogP contribution >= 0.6 is 0 Å². The number of anilines is 2. The van der Waals surface area contributed by atoms with Crippen molar-refractivity contribution in [3.63, 3.8) is 0 Å². The highest BCUT2D eigenvalue weighted by molar-refractivity contribution is 5.64. The van der Waals surface area contributed by atoms with Gasteiger partial charge in [0.2, 0.25) is 0 Å². The Morgan fingerprint density at radius 2 is 2.33 bits per heavy atom. The second-order valence-electron chi connectivity index (χ2n) is 4.32. The predicted octanol–water partition coefficient (Wildman–Crippen LogP) is 1.30. The van der Waals surface area contributed by atoms with E-state index in [2.05, 4.69) is 10.3 Å². The summed E-state index contributed by atoms with van der Waals surface area (Å²) < 4.78 is 0. The van der Waals surface area contributed by atoms with E-state index in [1.54, 1.807) is 6.20 Å². The van der Waals surface area contributed by atoms with Gasteiger partial charge in [-0.2, -0.15) is 0 Å². The van der Waals surface area contributed by atoms with Crippen LogP contribution in [0, 0.1) is 6.92 Å². The highest BCUT2D eigenvalue weighted by atomic mass is 16.3. The molecule has 1 saturated carbocycles. The summed E-state index contributed by atoms with van der Waals surface area (Å²) in [5.74, 6) is 0.676. The van der Waals surface area contributed by atoms with E-state index in [1.165, 1.54) is 0 Å². The first-order chi connectivity index (χ1) is 7.11. The molecule has 0 amide bonds. The van der Waals surface area contributed by atoms with Crippen LogP contribution in [0.3, 0.4) is 0 Å². The molecule has 82 valence electrons. The summed E-state index contributed by atoms with van der Waals surface area (Å²) in [6, 6.07) is 1.87. The zero-order chi connectivity index (χ0) is 10.9. The van der Waals surface area contributed by atoms with Crippen molar-refractivity contribution in [2.75, 3.05) is 17.6 Å². The number of nitrogens with zero attached hydrogens (tertiary/aromatic N) is 1. The van der Waals surface area contributed by atoms with E-state index >= 15 is 0 Å². The van der Waals surface area contributed by atoms with Gasteiger partial charge in [0.05, 0.1) is 11.3 Å². The lowest BCUT2D eigenvalue weighted by Crippen LogP contribution is -2.43. The molecule has 4 nitrogen and oxygen atoms in total. The molecule has 0 aliphatic heterocycles. The third-order valence-electron chi connectivity index (χ3n) is 3.08. The Kier molecular flexibility index (Phi) is 2.52. The molecule has 0 spiro atoms. The van der Waals surface area contributed by atoms with Crippen LogP contribution in [0.25, 0.3) is 0 Å². The Bertz CT molecular complexity index is 361. The lowest BCUT2D eigenvalue weighted by molar-refractivity contribution is -0.0202. The van der Waals surface area contributed by atoms with E-state index in [1.807, 2.05) is 13.0 Å². The SMILES string of the molecule is Cc1ccnc(NCC2(O)CCC2)c1N. The van der Waals surface area contributed by atoms with Crippen molar-refractivity contribution < 1.29 is 5.11 Å². The summed E-state index contributed by atoms with van der Waals surface area (Å²) in [7, 11) is 0. The van der Waals surface area contributed by atoms with Crippen LogP contribution < -0.4 is 11.1 Å². The molecule has 1 heterocycles. The maximum Gasteiger partial charge on any atom is 0.149 e. The van der Waals surface area contributed by atoms with E-state index in [-0.39, 0.29) is 0 Å². The quantitative estimate of drug-likeness (QED) is 0.698. The van der Waals surface area contributed by atoms with Crippen molar-refractivity contribution in [1.29, 1.82) is 0 Å². The van der Waals surface area contributed by atoms with Gasteiger partial charge in [-0.1, -0.05) is 0 Å². The highest BCUT2D eigenvalue weighted by Crippen LogP contribution is 2.32. The van der Waals surface area contributed by atoms with Crippen molar-refractivity contribution in [2.24, 2.45) is 0 Å². The molecule has 0 unspecified atom stereocenters. The van der Waals surface area contributed by atoms with E-state index in [0.29, 0.717) is 18.1 Å². The fourth-order valence-corrected chi connectivity index (χ4v) is 1.72. The van der Waals surface area contributed by atoms with Crippen LogP contribution in [-0.2, 0) is 0 Å². The third kappa shape index (κ3) is 2.04. The van der Waals surface area contributed by atoms with Crippen molar-refractivity contribution in [1.82, 2.24) is 4.98 Å². The summed E-state index contributed by atoms with van der Waals surface area (Å²) in [6.45, 7) is 2.48. The molecule has 1 fully saturated rings. The standard InChI is InChI=1S/C11H17N3O/c1-8-3-6-13-10(9(8)12)14-7-11(15)4-2-5-11/h3,6,15H,2,4-5,7,12H2,1H3,(H,13,14). The molecule has 15 heavy (non-hydrogen) atoms. The number of nitrogens with two attached hydrogens (primary N) is 1. The minimum Gasteiger partial charge on any atom is -0.396 e. The molecule has 4 N–H and O–H groups in total. The van der Waals surface area contributed by atoms with Gasteiger partial charge in [0.1, 0.15) is 5.82 Å². The first-order valence-corrected chi connectivity index (χ1v) is 5.28. The number of aliphatic hydroxyl groups is 1. The number of nitrogens with one attached hydrogen (secondary N) is 1. The monoisotopic (exact) mass is 207 g/mol. The minimum atomic E-state index is -0.544. The number of hydrogen-bond acceptors (Lipinski definition) is 4. The lowest BCUT2D eigenvalue weighted by atomic mass is 9.80. The maximum atomic E-state index is 9.90. The molecular weight excluding hydrogens is 190 g/mol. The average Bonchev–Trinajstić information content (AvgIpc) is 2.17. The lowest BCUT2D eigenvalue weighted by Gasteiger charge is -2.36. The number of aryl methyl sites for hydroxylation is 1. The molecular formula is C11H17N3O. The Hall–Kier alpha value is -1.29. The second kappa shape index (κ2) is 3.70. The van der Waals surface area contributed by atoms with Gasteiger partial charge in [0.15, 0.2) is 0 Å². The smallest absolute Gasteiger partial charge is 0.149 e. The Morgan fingerprint density at radius 1 is 1.60 bits per heavy atom. The van der Waals surface area contributed by atoms with Crippen molar-refractivity contribution >= 4 is 11.5 Å². The summed E-state index contributed by atoms with van der Waals surface area (Å²) in [5, 5.41) is 13.0. The minimum absolute atomic E-state index is 0.535. The first kappa shape index (κ1) is 10.2. The van der Waals surface area contributed by atoms with Crippen LogP contribution in [0.2, 0.25) is 0 Å². The fraction of sp³-hybridized carbons (Fsp3) is 0.545. The van der Waals surface area contributed by atoms with Crippen LogP contribution in [-0.4, -0.2) is 22.2 Å². The molecule has 0 bridgehead atoms. The average molecular weight is 207 g/mol. The van der Waals surface area contributed by atoms with Gasteiger partial charge in [-0.25, -0.2) is 4.98 Å². The number of hydrogen-bond donors (Lipinski definition) is 3. The largest absolute Gasteiger partial charge is 0.396 e. The molecule has 1 aliphatic carbocycles. The zero-order valence-electron chi connectivity index (χ0n) is 8.95. The Morgan fingerprint density at radius 3 is 2.93 bits per heavy atom. The van der Waals surface area contributed by atoms with Crippen molar-refractivity contribution in [2.45, 2.75) is 31.8 Å². The number of pyridine rings is 1. The number of nitrogen functional groups attached to an aromatic ring is 1.